The fourth-order valence-corrected chi connectivity index (χ4v) is 1.71. The van der Waals surface area contributed by atoms with Crippen LogP contribution in [0.5, 0.6) is 0 Å². The number of Topliss-reactive ketones (excluding diaryl/α,β-unsaturated/α-hetero) is 1. The molecule has 16 heavy (non-hydrogen) atoms. The van der Waals surface area contributed by atoms with E-state index in [9.17, 15) is 4.79 Å². The van der Waals surface area contributed by atoms with Crippen molar-refractivity contribution in [2.24, 2.45) is 0 Å². The second-order valence-corrected chi connectivity index (χ2v) is 4.02. The summed E-state index contributed by atoms with van der Waals surface area (Å²) in [6, 6.07) is 10.5. The quantitative estimate of drug-likeness (QED) is 0.629. The van der Waals surface area contributed by atoms with Crippen LogP contribution in [0.2, 0.25) is 0 Å². The van der Waals surface area contributed by atoms with Gasteiger partial charge in [0.25, 0.3) is 0 Å². The van der Waals surface area contributed by atoms with E-state index in [1.165, 1.54) is 5.56 Å². The van der Waals surface area contributed by atoms with Gasteiger partial charge in [-0.15, -0.1) is 0 Å². The average Bonchev–Trinajstić information content (AvgIpc) is 2.30. The van der Waals surface area contributed by atoms with Crippen molar-refractivity contribution in [1.82, 2.24) is 0 Å². The van der Waals surface area contributed by atoms with E-state index < -0.39 is 0 Å². The summed E-state index contributed by atoms with van der Waals surface area (Å²) in [6.07, 6.45) is 5.02. The van der Waals surface area contributed by atoms with Gasteiger partial charge in [-0.2, -0.15) is 0 Å². The minimum absolute atomic E-state index is 0.210. The third kappa shape index (κ3) is 5.66. The lowest BCUT2D eigenvalue weighted by Gasteiger charge is -2.01. The topological polar surface area (TPSA) is 26.3 Å². The molecular formula is C14H20O2. The van der Waals surface area contributed by atoms with Gasteiger partial charge in [0.05, 0.1) is 0 Å². The Morgan fingerprint density at radius 3 is 2.56 bits per heavy atom. The largest absolute Gasteiger partial charge is 0.377 e. The first kappa shape index (κ1) is 12.9. The van der Waals surface area contributed by atoms with E-state index in [4.69, 9.17) is 4.74 Å². The van der Waals surface area contributed by atoms with Crippen molar-refractivity contribution < 1.29 is 9.53 Å². The smallest absolute Gasteiger partial charge is 0.158 e. The van der Waals surface area contributed by atoms with Gasteiger partial charge in [0, 0.05) is 13.5 Å². The van der Waals surface area contributed by atoms with Gasteiger partial charge < -0.3 is 4.74 Å². The van der Waals surface area contributed by atoms with Crippen molar-refractivity contribution in [3.05, 3.63) is 35.9 Å². The van der Waals surface area contributed by atoms with E-state index in [1.807, 2.05) is 6.07 Å². The van der Waals surface area contributed by atoms with Crippen LogP contribution in [0.1, 0.15) is 31.2 Å². The zero-order chi connectivity index (χ0) is 11.6. The molecule has 0 N–H and O–H groups in total. The van der Waals surface area contributed by atoms with Crippen molar-refractivity contribution in [3.63, 3.8) is 0 Å². The lowest BCUT2D eigenvalue weighted by Crippen LogP contribution is -2.05. The summed E-state index contributed by atoms with van der Waals surface area (Å²) in [5, 5.41) is 0. The molecule has 0 aromatic heterocycles. The predicted octanol–water partition coefficient (Wildman–Crippen LogP) is 3.01. The summed E-state index contributed by atoms with van der Waals surface area (Å²) in [5.74, 6) is 0.210. The number of methoxy groups -OCH3 is 1. The van der Waals surface area contributed by atoms with E-state index in [2.05, 4.69) is 24.3 Å². The molecule has 0 saturated heterocycles. The third-order valence-corrected chi connectivity index (χ3v) is 2.57. The number of carbonyl (C=O) groups is 1. The second kappa shape index (κ2) is 8.05. The maximum atomic E-state index is 11.2. The van der Waals surface area contributed by atoms with Crippen molar-refractivity contribution in [2.45, 2.75) is 32.1 Å². The number of ether oxygens (including phenoxy) is 1. The van der Waals surface area contributed by atoms with E-state index in [1.54, 1.807) is 7.11 Å². The minimum atomic E-state index is 0.210. The highest BCUT2D eigenvalue weighted by Crippen LogP contribution is 2.07. The van der Waals surface area contributed by atoms with Crippen LogP contribution in [0, 0.1) is 0 Å². The van der Waals surface area contributed by atoms with Gasteiger partial charge >= 0.3 is 0 Å². The Hall–Kier alpha value is -1.15. The van der Waals surface area contributed by atoms with Crippen LogP contribution in [0.25, 0.3) is 0 Å². The molecule has 1 rings (SSSR count). The van der Waals surface area contributed by atoms with Crippen LogP contribution in [0.4, 0.5) is 0 Å². The van der Waals surface area contributed by atoms with Crippen LogP contribution in [-0.4, -0.2) is 19.5 Å². The first-order valence-corrected chi connectivity index (χ1v) is 5.87. The second-order valence-electron chi connectivity index (χ2n) is 4.02. The molecule has 0 aliphatic heterocycles. The zero-order valence-electron chi connectivity index (χ0n) is 9.95. The molecule has 2 heteroatoms. The van der Waals surface area contributed by atoms with Crippen molar-refractivity contribution in [2.75, 3.05) is 13.7 Å². The van der Waals surface area contributed by atoms with Gasteiger partial charge in [0.1, 0.15) is 6.61 Å². The summed E-state index contributed by atoms with van der Waals surface area (Å²) in [7, 11) is 1.56. The molecule has 0 spiro atoms. The highest BCUT2D eigenvalue weighted by Gasteiger charge is 2.00. The summed E-state index contributed by atoms with van der Waals surface area (Å²) in [6.45, 7) is 0.263. The highest BCUT2D eigenvalue weighted by molar-refractivity contribution is 5.79. The molecule has 0 heterocycles. The Morgan fingerprint density at radius 2 is 1.88 bits per heavy atom. The Labute approximate surface area is 97.6 Å². The average molecular weight is 220 g/mol. The van der Waals surface area contributed by atoms with Crippen LogP contribution < -0.4 is 0 Å². The van der Waals surface area contributed by atoms with Gasteiger partial charge in [-0.25, -0.2) is 0 Å². The molecule has 0 aliphatic rings. The molecule has 0 radical (unpaired) electrons. The van der Waals surface area contributed by atoms with E-state index >= 15 is 0 Å². The summed E-state index contributed by atoms with van der Waals surface area (Å²) >= 11 is 0. The van der Waals surface area contributed by atoms with Crippen LogP contribution in [0.15, 0.2) is 30.3 Å². The Morgan fingerprint density at radius 1 is 1.12 bits per heavy atom. The zero-order valence-corrected chi connectivity index (χ0v) is 9.95. The van der Waals surface area contributed by atoms with Gasteiger partial charge in [-0.1, -0.05) is 36.8 Å². The number of aryl methyl sites for hydroxylation is 1. The number of benzene rings is 1. The van der Waals surface area contributed by atoms with Crippen LogP contribution in [-0.2, 0) is 16.0 Å². The molecule has 1 aromatic rings. The monoisotopic (exact) mass is 220 g/mol. The van der Waals surface area contributed by atoms with Crippen molar-refractivity contribution in [3.8, 4) is 0 Å². The Kier molecular flexibility index (Phi) is 6.50. The highest BCUT2D eigenvalue weighted by atomic mass is 16.5. The molecule has 1 aromatic carbocycles. The fourth-order valence-electron chi connectivity index (χ4n) is 1.71. The summed E-state index contributed by atoms with van der Waals surface area (Å²) < 4.78 is 4.78. The first-order chi connectivity index (χ1) is 7.83. The molecule has 2 nitrogen and oxygen atoms in total. The van der Waals surface area contributed by atoms with Crippen molar-refractivity contribution in [1.29, 1.82) is 0 Å². The molecule has 0 aliphatic carbocycles. The molecular weight excluding hydrogens is 200 g/mol. The Bertz CT molecular complexity index is 293. The molecule has 0 unspecified atom stereocenters. The fraction of sp³-hybridized carbons (Fsp3) is 0.500. The van der Waals surface area contributed by atoms with E-state index in [0.29, 0.717) is 6.42 Å². The SMILES string of the molecule is COCC(=O)CCCCCc1ccccc1. The summed E-state index contributed by atoms with van der Waals surface area (Å²) in [5.41, 5.74) is 1.38. The van der Waals surface area contributed by atoms with Gasteiger partial charge in [-0.05, 0) is 24.8 Å². The van der Waals surface area contributed by atoms with Gasteiger partial charge in [-0.3, -0.25) is 4.79 Å². The number of unbranched alkanes of at least 4 members (excludes halogenated alkanes) is 2. The first-order valence-electron chi connectivity index (χ1n) is 5.87. The standard InChI is InChI=1S/C14H20O2/c1-16-12-14(15)11-7-3-6-10-13-8-4-2-5-9-13/h2,4-5,8-9H,3,6-7,10-12H2,1H3. The predicted molar refractivity (Wildman–Crippen MR) is 65.5 cm³/mol. The molecule has 0 saturated carbocycles. The molecule has 0 amide bonds. The van der Waals surface area contributed by atoms with E-state index in [-0.39, 0.29) is 12.4 Å². The number of hydrogen-bond donors (Lipinski definition) is 0. The Balaban J connectivity index is 2.02. The summed E-state index contributed by atoms with van der Waals surface area (Å²) in [4.78, 5) is 11.2. The number of ketones is 1. The van der Waals surface area contributed by atoms with Crippen LogP contribution >= 0.6 is 0 Å². The normalized spacial score (nSPS) is 10.3. The number of hydrogen-bond acceptors (Lipinski definition) is 2. The van der Waals surface area contributed by atoms with E-state index in [0.717, 1.165) is 25.7 Å². The number of carbonyl (C=O) groups excluding carboxylic acids is 1. The molecule has 0 fully saturated rings. The third-order valence-electron chi connectivity index (χ3n) is 2.57. The minimum Gasteiger partial charge on any atom is -0.377 e. The van der Waals surface area contributed by atoms with Gasteiger partial charge in [0.2, 0.25) is 0 Å². The molecule has 0 bridgehead atoms. The lowest BCUT2D eigenvalue weighted by molar-refractivity contribution is -0.122. The maximum Gasteiger partial charge on any atom is 0.158 e. The lowest BCUT2D eigenvalue weighted by atomic mass is 10.1. The van der Waals surface area contributed by atoms with Crippen LogP contribution in [0.3, 0.4) is 0 Å². The molecule has 0 atom stereocenters. The number of rotatable bonds is 8. The molecule has 88 valence electrons. The van der Waals surface area contributed by atoms with Crippen molar-refractivity contribution >= 4 is 5.78 Å². The maximum absolute atomic E-state index is 11.2. The van der Waals surface area contributed by atoms with Gasteiger partial charge in [0.15, 0.2) is 5.78 Å².